The van der Waals surface area contributed by atoms with E-state index in [9.17, 15) is 9.90 Å². The highest BCUT2D eigenvalue weighted by Crippen LogP contribution is 2.28. The number of rotatable bonds is 4. The number of carbonyl (C=O) groups excluding carboxylic acids is 1. The molecule has 2 fully saturated rings. The number of aryl methyl sites for hydroxylation is 1. The largest absolute Gasteiger partial charge is 0.508 e. The van der Waals surface area contributed by atoms with Crippen LogP contribution in [0.3, 0.4) is 0 Å². The van der Waals surface area contributed by atoms with E-state index in [2.05, 4.69) is 10.6 Å². The first-order valence-electron chi connectivity index (χ1n) is 7.04. The molecule has 0 saturated carbocycles. The Bertz CT molecular complexity index is 475. The van der Waals surface area contributed by atoms with Crippen molar-refractivity contribution in [3.63, 3.8) is 0 Å². The molecule has 2 heterocycles. The molecule has 3 atom stereocenters. The Hall–Kier alpha value is -1.55. The normalized spacial score (nSPS) is 28.5. The van der Waals surface area contributed by atoms with Gasteiger partial charge in [0, 0.05) is 24.5 Å². The van der Waals surface area contributed by atoms with Crippen LogP contribution in [0.15, 0.2) is 24.3 Å². The van der Waals surface area contributed by atoms with Crippen molar-refractivity contribution in [1.29, 1.82) is 0 Å². The Morgan fingerprint density at radius 2 is 2.32 bits per heavy atom. The molecule has 3 rings (SSSR count). The van der Waals surface area contributed by atoms with Crippen LogP contribution >= 0.6 is 0 Å². The summed E-state index contributed by atoms with van der Waals surface area (Å²) >= 11 is 0. The molecule has 4 heteroatoms. The molecule has 0 unspecified atom stereocenters. The molecule has 4 nitrogen and oxygen atoms in total. The molecule has 102 valence electrons. The minimum atomic E-state index is 0.114. The number of aromatic hydroxyl groups is 1. The molecule has 2 bridgehead atoms. The Balaban J connectivity index is 1.47. The lowest BCUT2D eigenvalue weighted by Gasteiger charge is -2.21. The smallest absolute Gasteiger partial charge is 0.220 e. The van der Waals surface area contributed by atoms with E-state index in [1.54, 1.807) is 12.1 Å². The molecule has 2 aliphatic rings. The number of phenolic OH excluding ortho intramolecular Hbond substituents is 1. The Labute approximate surface area is 113 Å². The fourth-order valence-electron chi connectivity index (χ4n) is 3.23. The van der Waals surface area contributed by atoms with E-state index in [1.165, 1.54) is 12.8 Å². The van der Waals surface area contributed by atoms with Gasteiger partial charge in [-0.15, -0.1) is 0 Å². The van der Waals surface area contributed by atoms with Crippen molar-refractivity contribution in [3.05, 3.63) is 29.8 Å². The van der Waals surface area contributed by atoms with Crippen molar-refractivity contribution < 1.29 is 9.90 Å². The van der Waals surface area contributed by atoms with E-state index in [0.29, 0.717) is 31.0 Å². The van der Waals surface area contributed by atoms with Crippen LogP contribution in [0.2, 0.25) is 0 Å². The van der Waals surface area contributed by atoms with Gasteiger partial charge < -0.3 is 15.7 Å². The molecule has 19 heavy (non-hydrogen) atoms. The van der Waals surface area contributed by atoms with Gasteiger partial charge >= 0.3 is 0 Å². The van der Waals surface area contributed by atoms with Crippen molar-refractivity contribution in [2.75, 3.05) is 0 Å². The second kappa shape index (κ2) is 5.21. The molecular formula is C15H20N2O2. The second-order valence-corrected chi connectivity index (χ2v) is 5.63. The predicted molar refractivity (Wildman–Crippen MR) is 72.9 cm³/mol. The van der Waals surface area contributed by atoms with Crippen LogP contribution in [0, 0.1) is 0 Å². The molecular weight excluding hydrogens is 240 g/mol. The third-order valence-electron chi connectivity index (χ3n) is 4.20. The van der Waals surface area contributed by atoms with E-state index in [-0.39, 0.29) is 11.7 Å². The summed E-state index contributed by atoms with van der Waals surface area (Å²) in [6.45, 7) is 0. The molecule has 1 amide bonds. The summed E-state index contributed by atoms with van der Waals surface area (Å²) in [5.74, 6) is 0.373. The first-order chi connectivity index (χ1) is 9.20. The number of nitrogens with one attached hydrogen (secondary N) is 2. The number of hydrogen-bond donors (Lipinski definition) is 3. The van der Waals surface area contributed by atoms with Gasteiger partial charge in [0.2, 0.25) is 5.91 Å². The summed E-state index contributed by atoms with van der Waals surface area (Å²) in [6.07, 6.45) is 4.66. The molecule has 2 saturated heterocycles. The van der Waals surface area contributed by atoms with Crippen molar-refractivity contribution in [2.24, 2.45) is 0 Å². The van der Waals surface area contributed by atoms with Gasteiger partial charge in [0.05, 0.1) is 0 Å². The van der Waals surface area contributed by atoms with Crippen molar-refractivity contribution >= 4 is 5.91 Å². The van der Waals surface area contributed by atoms with Crippen molar-refractivity contribution in [3.8, 4) is 5.75 Å². The van der Waals surface area contributed by atoms with E-state index < -0.39 is 0 Å². The monoisotopic (exact) mass is 260 g/mol. The molecule has 0 radical (unpaired) electrons. The number of carbonyl (C=O) groups is 1. The third kappa shape index (κ3) is 2.89. The van der Waals surface area contributed by atoms with E-state index in [1.807, 2.05) is 12.1 Å². The maximum absolute atomic E-state index is 11.9. The first-order valence-corrected chi connectivity index (χ1v) is 7.04. The number of amides is 1. The molecule has 0 aromatic heterocycles. The van der Waals surface area contributed by atoms with Gasteiger partial charge in [0.1, 0.15) is 5.75 Å². The van der Waals surface area contributed by atoms with E-state index in [0.717, 1.165) is 12.0 Å². The maximum atomic E-state index is 11.9. The number of benzene rings is 1. The molecule has 2 aliphatic heterocycles. The van der Waals surface area contributed by atoms with Crippen LogP contribution in [-0.2, 0) is 11.2 Å². The summed E-state index contributed by atoms with van der Waals surface area (Å²) < 4.78 is 0. The lowest BCUT2D eigenvalue weighted by Crippen LogP contribution is -2.42. The minimum Gasteiger partial charge on any atom is -0.508 e. The van der Waals surface area contributed by atoms with Gasteiger partial charge in [-0.25, -0.2) is 0 Å². The van der Waals surface area contributed by atoms with Crippen molar-refractivity contribution in [2.45, 2.75) is 50.2 Å². The standard InChI is InChI=1S/C15H20N2O2/c18-12-3-1-2-10(8-12)4-7-15(19)17-14-9-11-5-6-13(14)16-11/h1-3,8,11,13-14,16,18H,4-7,9H2,(H,17,19)/t11-,13+,14+/m1/s1. The fourth-order valence-corrected chi connectivity index (χ4v) is 3.23. The lowest BCUT2D eigenvalue weighted by atomic mass is 9.95. The molecule has 3 N–H and O–H groups in total. The zero-order valence-corrected chi connectivity index (χ0v) is 10.9. The number of fused-ring (bicyclic) bond motifs is 2. The van der Waals surface area contributed by atoms with Gasteiger partial charge in [-0.2, -0.15) is 0 Å². The van der Waals surface area contributed by atoms with Gasteiger partial charge in [-0.3, -0.25) is 4.79 Å². The fraction of sp³-hybridized carbons (Fsp3) is 0.533. The van der Waals surface area contributed by atoms with E-state index >= 15 is 0 Å². The zero-order chi connectivity index (χ0) is 13.2. The lowest BCUT2D eigenvalue weighted by molar-refractivity contribution is -0.121. The van der Waals surface area contributed by atoms with Gasteiger partial charge in [-0.1, -0.05) is 12.1 Å². The highest BCUT2D eigenvalue weighted by Gasteiger charge is 2.39. The molecule has 1 aromatic rings. The summed E-state index contributed by atoms with van der Waals surface area (Å²) in [5.41, 5.74) is 1.00. The van der Waals surface area contributed by atoms with Crippen LogP contribution in [0.1, 0.15) is 31.2 Å². The topological polar surface area (TPSA) is 61.4 Å². The Morgan fingerprint density at radius 3 is 3.00 bits per heavy atom. The van der Waals surface area contributed by atoms with Crippen LogP contribution in [0.25, 0.3) is 0 Å². The SMILES string of the molecule is O=C(CCc1cccc(O)c1)N[C@H]1C[C@H]2CC[C@@H]1N2. The maximum Gasteiger partial charge on any atom is 0.220 e. The average Bonchev–Trinajstić information content (AvgIpc) is 2.99. The summed E-state index contributed by atoms with van der Waals surface area (Å²) in [5, 5.41) is 16.0. The van der Waals surface area contributed by atoms with Gasteiger partial charge in [-0.05, 0) is 43.4 Å². The van der Waals surface area contributed by atoms with Crippen LogP contribution < -0.4 is 10.6 Å². The predicted octanol–water partition coefficient (Wildman–Crippen LogP) is 1.33. The summed E-state index contributed by atoms with van der Waals surface area (Å²) in [4.78, 5) is 11.9. The van der Waals surface area contributed by atoms with Crippen molar-refractivity contribution in [1.82, 2.24) is 10.6 Å². The van der Waals surface area contributed by atoms with E-state index in [4.69, 9.17) is 0 Å². The summed E-state index contributed by atoms with van der Waals surface area (Å²) in [7, 11) is 0. The third-order valence-corrected chi connectivity index (χ3v) is 4.20. The van der Waals surface area contributed by atoms with Crippen LogP contribution in [0.4, 0.5) is 0 Å². The quantitative estimate of drug-likeness (QED) is 0.765. The van der Waals surface area contributed by atoms with Crippen LogP contribution in [-0.4, -0.2) is 29.1 Å². The Kier molecular flexibility index (Phi) is 3.42. The molecule has 0 spiro atoms. The second-order valence-electron chi connectivity index (χ2n) is 5.63. The highest BCUT2D eigenvalue weighted by molar-refractivity contribution is 5.76. The van der Waals surface area contributed by atoms with Crippen LogP contribution in [0.5, 0.6) is 5.75 Å². The van der Waals surface area contributed by atoms with Gasteiger partial charge in [0.25, 0.3) is 0 Å². The number of phenols is 1. The highest BCUT2D eigenvalue weighted by atomic mass is 16.3. The molecule has 1 aromatic carbocycles. The summed E-state index contributed by atoms with van der Waals surface area (Å²) in [6, 6.07) is 8.51. The minimum absolute atomic E-state index is 0.114. The molecule has 0 aliphatic carbocycles. The average molecular weight is 260 g/mol. The first kappa shape index (κ1) is 12.5. The number of hydrogen-bond acceptors (Lipinski definition) is 3. The Morgan fingerprint density at radius 1 is 1.42 bits per heavy atom. The zero-order valence-electron chi connectivity index (χ0n) is 10.9. The van der Waals surface area contributed by atoms with Gasteiger partial charge in [0.15, 0.2) is 0 Å².